The predicted octanol–water partition coefficient (Wildman–Crippen LogP) is -1.01. The Labute approximate surface area is 67.3 Å². The van der Waals surface area contributed by atoms with Gasteiger partial charge in [0.1, 0.15) is 0 Å². The Morgan fingerprint density at radius 3 is 1.17 bits per heavy atom. The second-order valence-electron chi connectivity index (χ2n) is 0.0680. The van der Waals surface area contributed by atoms with Gasteiger partial charge in [0.25, 0.3) is 0 Å². The van der Waals surface area contributed by atoms with E-state index in [4.69, 9.17) is 10.1 Å². The van der Waals surface area contributed by atoms with Crippen LogP contribution in [0.25, 0.3) is 0 Å². The van der Waals surface area contributed by atoms with E-state index in [1.54, 1.807) is 0 Å². The summed E-state index contributed by atoms with van der Waals surface area (Å²) in [5, 5.41) is 0. The molecule has 6 heteroatoms. The molecule has 0 aromatic rings. The van der Waals surface area contributed by atoms with Gasteiger partial charge in [0.05, 0.1) is 0 Å². The molecule has 0 rings (SSSR count). The Balaban J connectivity index is -0.0000000275. The van der Waals surface area contributed by atoms with Gasteiger partial charge < -0.3 is 0 Å². The molecule has 0 aliphatic heterocycles. The Morgan fingerprint density at radius 1 is 1.17 bits per heavy atom. The molecule has 0 radical (unpaired) electrons. The third-order valence-electron chi connectivity index (χ3n) is 0. The Kier molecular flexibility index (Phi) is 84.5. The van der Waals surface area contributed by atoms with E-state index in [-0.39, 0.29) is 18.9 Å². The molecule has 0 aromatic carbocycles. The predicted molar refractivity (Wildman–Crippen MR) is 9.21 cm³/mol. The first-order valence-corrected chi connectivity index (χ1v) is 2.81. The molecular formula is HLiMoO3Ti. The molecule has 0 bridgehead atoms. The normalized spacial score (nSPS) is 2.50. The van der Waals surface area contributed by atoms with Crippen molar-refractivity contribution in [2.45, 2.75) is 0 Å². The van der Waals surface area contributed by atoms with Crippen molar-refractivity contribution in [3.63, 3.8) is 0 Å². The van der Waals surface area contributed by atoms with E-state index in [9.17, 15) is 0 Å². The van der Waals surface area contributed by atoms with Crippen LogP contribution in [0.3, 0.4) is 0 Å². The van der Waals surface area contributed by atoms with Crippen LogP contribution >= 0.6 is 0 Å². The topological polar surface area (TPSA) is 51.2 Å². The molecule has 30 valence electrons. The van der Waals surface area contributed by atoms with Crippen molar-refractivity contribution in [3.05, 3.63) is 0 Å². The molecule has 0 aliphatic carbocycles. The molecule has 0 aliphatic rings. The monoisotopic (exact) mass is 202 g/mol. The van der Waals surface area contributed by atoms with Crippen molar-refractivity contribution in [3.8, 4) is 0 Å². The third-order valence-corrected chi connectivity index (χ3v) is 0. The van der Waals surface area contributed by atoms with Gasteiger partial charge in [0, 0.05) is 0 Å². The minimum absolute atomic E-state index is 0. The molecule has 0 saturated carbocycles. The first-order chi connectivity index (χ1) is 2.41. The van der Waals surface area contributed by atoms with Crippen molar-refractivity contribution in [1.29, 1.82) is 0 Å². The summed E-state index contributed by atoms with van der Waals surface area (Å²) in [4.78, 5) is 0. The van der Waals surface area contributed by atoms with Crippen molar-refractivity contribution in [2.75, 3.05) is 0 Å². The van der Waals surface area contributed by atoms with Gasteiger partial charge in [-0.1, -0.05) is 0 Å². The molecule has 0 fully saturated rings. The van der Waals surface area contributed by atoms with Crippen LogP contribution in [0.5, 0.6) is 0 Å². The average Bonchev–Trinajstić information content (AvgIpc) is 1.46. The van der Waals surface area contributed by atoms with E-state index < -0.39 is 18.5 Å². The summed E-state index contributed by atoms with van der Waals surface area (Å²) in [6, 6.07) is 0. The van der Waals surface area contributed by atoms with Gasteiger partial charge in [-0.15, -0.1) is 0 Å². The molecular weight excluding hydrogens is 199 g/mol. The van der Waals surface area contributed by atoms with Crippen LogP contribution in [0.1, 0.15) is 0 Å². The Morgan fingerprint density at radius 2 is 1.17 bits per heavy atom. The SMILES string of the molecule is [LiH].[O]=[Mo]=[O].[O]=[Ti]. The van der Waals surface area contributed by atoms with Crippen LogP contribution in [0, 0.1) is 0 Å². The zero-order valence-corrected chi connectivity index (χ0v) is 5.70. The minimum atomic E-state index is -2.03. The van der Waals surface area contributed by atoms with Crippen molar-refractivity contribution < 1.29 is 49.0 Å². The van der Waals surface area contributed by atoms with Gasteiger partial charge >= 0.3 is 67.9 Å². The third kappa shape index (κ3) is 53.3. The molecule has 6 heavy (non-hydrogen) atoms. The molecule has 0 saturated heterocycles. The van der Waals surface area contributed by atoms with E-state index in [2.05, 4.69) is 0 Å². The fourth-order valence-corrected chi connectivity index (χ4v) is 0. The van der Waals surface area contributed by atoms with E-state index in [0.29, 0.717) is 0 Å². The summed E-state index contributed by atoms with van der Waals surface area (Å²) >= 11 is -1.28. The van der Waals surface area contributed by atoms with Crippen LogP contribution in [0.2, 0.25) is 0 Å². The molecule has 0 heterocycles. The average molecular weight is 200 g/mol. The van der Waals surface area contributed by atoms with Crippen molar-refractivity contribution in [2.24, 2.45) is 0 Å². The summed E-state index contributed by atoms with van der Waals surface area (Å²) in [6.07, 6.45) is 0. The summed E-state index contributed by atoms with van der Waals surface area (Å²) in [5.74, 6) is 0. The maximum atomic E-state index is 8.50. The van der Waals surface area contributed by atoms with Gasteiger partial charge in [-0.25, -0.2) is 0 Å². The molecule has 0 atom stereocenters. The quantitative estimate of drug-likeness (QED) is 0.470. The molecule has 0 N–H and O–H groups in total. The second kappa shape index (κ2) is 32.4. The summed E-state index contributed by atoms with van der Waals surface area (Å²) < 4.78 is 25.3. The summed E-state index contributed by atoms with van der Waals surface area (Å²) in [6.45, 7) is 0. The van der Waals surface area contributed by atoms with Gasteiger partial charge in [0.15, 0.2) is 0 Å². The van der Waals surface area contributed by atoms with Gasteiger partial charge in [-0.3, -0.25) is 0 Å². The van der Waals surface area contributed by atoms with Crippen LogP contribution in [0.4, 0.5) is 0 Å². The van der Waals surface area contributed by atoms with Gasteiger partial charge in [0.2, 0.25) is 0 Å². The number of rotatable bonds is 0. The van der Waals surface area contributed by atoms with E-state index in [1.165, 1.54) is 0 Å². The second-order valence-corrected chi connectivity index (χ2v) is 0.403. The Bertz CT molecular complexity index is 40.1. The van der Waals surface area contributed by atoms with Crippen LogP contribution < -0.4 is 0 Å². The first-order valence-electron chi connectivity index (χ1n) is 0.537. The molecule has 0 spiro atoms. The standard InChI is InChI=1S/Li.Mo.3O.Ti.H. The van der Waals surface area contributed by atoms with Crippen molar-refractivity contribution in [1.82, 2.24) is 0 Å². The summed E-state index contributed by atoms with van der Waals surface area (Å²) in [7, 11) is 0. The zero-order valence-electron chi connectivity index (χ0n) is 2.13. The molecule has 0 aromatic heterocycles. The number of hydrogen-bond acceptors (Lipinski definition) is 3. The van der Waals surface area contributed by atoms with E-state index >= 15 is 0 Å². The van der Waals surface area contributed by atoms with Crippen LogP contribution in [-0.4, -0.2) is 18.9 Å². The Hall–Kier alpha value is 1.40. The molecule has 0 amide bonds. The van der Waals surface area contributed by atoms with Gasteiger partial charge in [-0.2, -0.15) is 0 Å². The molecule has 3 nitrogen and oxygen atoms in total. The van der Waals surface area contributed by atoms with E-state index in [1.807, 2.05) is 0 Å². The fraction of sp³-hybridized carbons (Fsp3) is 0. The summed E-state index contributed by atoms with van der Waals surface area (Å²) in [5.41, 5.74) is 0. The van der Waals surface area contributed by atoms with Crippen molar-refractivity contribution >= 4 is 18.9 Å². The number of hydrogen-bond donors (Lipinski definition) is 0. The van der Waals surface area contributed by atoms with Crippen LogP contribution in [0.15, 0.2) is 0 Å². The van der Waals surface area contributed by atoms with Crippen LogP contribution in [-0.2, 0) is 49.0 Å². The first kappa shape index (κ1) is 15.7. The maximum absolute atomic E-state index is 8.50. The fourth-order valence-electron chi connectivity index (χ4n) is 0. The molecule has 0 unspecified atom stereocenters. The zero-order chi connectivity index (χ0) is 4.71. The van der Waals surface area contributed by atoms with Gasteiger partial charge in [-0.05, 0) is 0 Å². The van der Waals surface area contributed by atoms with E-state index in [0.717, 1.165) is 20.4 Å².